The molecule has 0 aliphatic heterocycles. The van der Waals surface area contributed by atoms with E-state index >= 15 is 0 Å². The number of fused-ring (bicyclic) bond motifs is 2. The average Bonchev–Trinajstić information content (AvgIpc) is 3.13. The molecular formula is C23H18FN5. The van der Waals surface area contributed by atoms with Gasteiger partial charge in [0.1, 0.15) is 0 Å². The van der Waals surface area contributed by atoms with Crippen LogP contribution in [-0.4, -0.2) is 19.5 Å². The monoisotopic (exact) mass is 383 g/mol. The minimum absolute atomic E-state index is 0.335. The second-order valence-corrected chi connectivity index (χ2v) is 6.96. The van der Waals surface area contributed by atoms with Gasteiger partial charge in [-0.1, -0.05) is 18.2 Å². The zero-order valence-electron chi connectivity index (χ0n) is 15.8. The normalized spacial score (nSPS) is 11.2. The molecule has 5 aromatic rings. The second-order valence-electron chi connectivity index (χ2n) is 6.96. The highest BCUT2D eigenvalue weighted by atomic mass is 19.1. The van der Waals surface area contributed by atoms with Crippen molar-refractivity contribution < 1.29 is 4.39 Å². The summed E-state index contributed by atoms with van der Waals surface area (Å²) < 4.78 is 16.0. The highest BCUT2D eigenvalue weighted by Crippen LogP contribution is 2.32. The third kappa shape index (κ3) is 3.18. The lowest BCUT2D eigenvalue weighted by Gasteiger charge is -2.12. The molecule has 0 radical (unpaired) electrons. The molecule has 1 N–H and O–H groups in total. The number of nitrogens with zero attached hydrogens (tertiary/aromatic N) is 4. The molecule has 29 heavy (non-hydrogen) atoms. The number of hydrogen-bond acceptors (Lipinski definition) is 4. The van der Waals surface area contributed by atoms with Gasteiger partial charge in [0.25, 0.3) is 0 Å². The zero-order valence-corrected chi connectivity index (χ0v) is 15.8. The van der Waals surface area contributed by atoms with Crippen LogP contribution in [0.5, 0.6) is 0 Å². The van der Waals surface area contributed by atoms with E-state index in [0.29, 0.717) is 12.1 Å². The summed E-state index contributed by atoms with van der Waals surface area (Å²) in [6, 6.07) is 15.9. The van der Waals surface area contributed by atoms with Gasteiger partial charge >= 0.3 is 0 Å². The van der Waals surface area contributed by atoms with E-state index < -0.39 is 5.95 Å². The molecule has 0 saturated carbocycles. The van der Waals surface area contributed by atoms with E-state index in [1.54, 1.807) is 24.5 Å². The molecule has 6 heteroatoms. The van der Waals surface area contributed by atoms with Crippen LogP contribution in [0.2, 0.25) is 0 Å². The lowest BCUT2D eigenvalue weighted by atomic mass is 10.0. The van der Waals surface area contributed by atoms with Crippen molar-refractivity contribution in [1.82, 2.24) is 19.5 Å². The number of anilines is 1. The highest BCUT2D eigenvalue weighted by Gasteiger charge is 2.11. The first-order valence-electron chi connectivity index (χ1n) is 9.32. The lowest BCUT2D eigenvalue weighted by Crippen LogP contribution is -2.03. The molecule has 0 atom stereocenters. The van der Waals surface area contributed by atoms with Gasteiger partial charge in [-0.3, -0.25) is 9.97 Å². The molecule has 0 aliphatic rings. The third-order valence-electron chi connectivity index (χ3n) is 5.09. The van der Waals surface area contributed by atoms with E-state index in [-0.39, 0.29) is 0 Å². The molecule has 0 amide bonds. The van der Waals surface area contributed by atoms with Gasteiger partial charge in [0, 0.05) is 60.7 Å². The minimum atomic E-state index is -0.463. The number of aromatic nitrogens is 4. The number of benzene rings is 2. The largest absolute Gasteiger partial charge is 0.381 e. The molecule has 0 spiro atoms. The quantitative estimate of drug-likeness (QED) is 0.447. The Morgan fingerprint density at radius 3 is 2.76 bits per heavy atom. The number of hydrogen-bond donors (Lipinski definition) is 1. The van der Waals surface area contributed by atoms with Gasteiger partial charge in [-0.05, 0) is 41.3 Å². The summed E-state index contributed by atoms with van der Waals surface area (Å²) in [6.07, 6.45) is 6.87. The average molecular weight is 383 g/mol. The van der Waals surface area contributed by atoms with Crippen LogP contribution in [0.25, 0.3) is 33.1 Å². The SMILES string of the molecule is Cn1ccc2ccc(-c3cc(NCc4cccnc4F)cc4nccnc34)cc21. The van der Waals surface area contributed by atoms with Crippen LogP contribution < -0.4 is 5.32 Å². The second kappa shape index (κ2) is 6.98. The summed E-state index contributed by atoms with van der Waals surface area (Å²) in [5.74, 6) is -0.463. The first-order chi connectivity index (χ1) is 14.2. The molecule has 5 nitrogen and oxygen atoms in total. The maximum Gasteiger partial charge on any atom is 0.217 e. The molecular weight excluding hydrogens is 365 g/mol. The number of rotatable bonds is 4. The van der Waals surface area contributed by atoms with Gasteiger partial charge in [0.2, 0.25) is 5.95 Å². The fourth-order valence-corrected chi connectivity index (χ4v) is 3.58. The number of aryl methyl sites for hydroxylation is 1. The van der Waals surface area contributed by atoms with E-state index in [1.807, 2.05) is 25.4 Å². The first-order valence-corrected chi connectivity index (χ1v) is 9.32. The van der Waals surface area contributed by atoms with Crippen LogP contribution in [0.1, 0.15) is 5.56 Å². The Bertz CT molecular complexity index is 1340. The number of halogens is 1. The van der Waals surface area contributed by atoms with Gasteiger partial charge in [-0.25, -0.2) is 4.98 Å². The summed E-state index contributed by atoms with van der Waals surface area (Å²) in [5, 5.41) is 4.48. The van der Waals surface area contributed by atoms with Gasteiger partial charge in [0.15, 0.2) is 0 Å². The van der Waals surface area contributed by atoms with Gasteiger partial charge in [0.05, 0.1) is 11.0 Å². The molecule has 0 bridgehead atoms. The summed E-state index contributed by atoms with van der Waals surface area (Å²) in [5.41, 5.74) is 6.16. The van der Waals surface area contributed by atoms with E-state index in [2.05, 4.69) is 49.1 Å². The Hall–Kier alpha value is -3.80. The Labute approximate surface area is 166 Å². The molecule has 2 aromatic carbocycles. The molecule has 0 unspecified atom stereocenters. The van der Waals surface area contributed by atoms with Crippen molar-refractivity contribution in [2.45, 2.75) is 6.54 Å². The molecule has 3 aromatic heterocycles. The van der Waals surface area contributed by atoms with Crippen molar-refractivity contribution in [3.63, 3.8) is 0 Å². The van der Waals surface area contributed by atoms with Crippen molar-refractivity contribution in [1.29, 1.82) is 0 Å². The summed E-state index contributed by atoms with van der Waals surface area (Å²) in [7, 11) is 2.03. The third-order valence-corrected chi connectivity index (χ3v) is 5.09. The maximum absolute atomic E-state index is 13.9. The summed E-state index contributed by atoms with van der Waals surface area (Å²) in [4.78, 5) is 12.7. The van der Waals surface area contributed by atoms with Crippen molar-refractivity contribution in [2.24, 2.45) is 7.05 Å². The van der Waals surface area contributed by atoms with Crippen molar-refractivity contribution >= 4 is 27.6 Å². The van der Waals surface area contributed by atoms with Crippen LogP contribution in [0.3, 0.4) is 0 Å². The van der Waals surface area contributed by atoms with Crippen LogP contribution in [0.4, 0.5) is 10.1 Å². The predicted octanol–water partition coefficient (Wildman–Crippen LogP) is 4.93. The van der Waals surface area contributed by atoms with Gasteiger partial charge in [-0.15, -0.1) is 0 Å². The molecule has 142 valence electrons. The smallest absolute Gasteiger partial charge is 0.217 e. The summed E-state index contributed by atoms with van der Waals surface area (Å²) >= 11 is 0. The van der Waals surface area contributed by atoms with Crippen molar-refractivity contribution in [2.75, 3.05) is 5.32 Å². The fourth-order valence-electron chi connectivity index (χ4n) is 3.58. The Morgan fingerprint density at radius 2 is 1.86 bits per heavy atom. The minimum Gasteiger partial charge on any atom is -0.381 e. The van der Waals surface area contributed by atoms with Gasteiger partial charge < -0.3 is 9.88 Å². The van der Waals surface area contributed by atoms with Crippen LogP contribution in [-0.2, 0) is 13.6 Å². The van der Waals surface area contributed by atoms with E-state index in [0.717, 1.165) is 33.4 Å². The van der Waals surface area contributed by atoms with E-state index in [4.69, 9.17) is 0 Å². The number of pyridine rings is 1. The Balaban J connectivity index is 1.60. The molecule has 0 saturated heterocycles. The Morgan fingerprint density at radius 1 is 0.966 bits per heavy atom. The summed E-state index contributed by atoms with van der Waals surface area (Å²) in [6.45, 7) is 0.335. The predicted molar refractivity (Wildman–Crippen MR) is 113 cm³/mol. The lowest BCUT2D eigenvalue weighted by molar-refractivity contribution is 0.569. The maximum atomic E-state index is 13.9. The fraction of sp³-hybridized carbons (Fsp3) is 0.0870. The first kappa shape index (κ1) is 17.3. The van der Waals surface area contributed by atoms with Crippen molar-refractivity contribution in [3.8, 4) is 11.1 Å². The standard InChI is InChI=1S/C23H18FN5/c1-29-10-6-15-4-5-16(11-21(15)29)19-12-18(13-20-22(19)26-9-8-25-20)28-14-17-3-2-7-27-23(17)24/h2-13,28H,14H2,1H3. The van der Waals surface area contributed by atoms with Crippen LogP contribution >= 0.6 is 0 Å². The van der Waals surface area contributed by atoms with Crippen molar-refractivity contribution in [3.05, 3.63) is 84.8 Å². The molecule has 0 aliphatic carbocycles. The van der Waals surface area contributed by atoms with Crippen LogP contribution in [0.15, 0.2) is 73.3 Å². The highest BCUT2D eigenvalue weighted by molar-refractivity contribution is 5.97. The topological polar surface area (TPSA) is 55.6 Å². The zero-order chi connectivity index (χ0) is 19.8. The van der Waals surface area contributed by atoms with E-state index in [1.165, 1.54) is 11.6 Å². The number of nitrogens with one attached hydrogen (secondary N) is 1. The van der Waals surface area contributed by atoms with Crippen LogP contribution in [0, 0.1) is 5.95 Å². The molecule has 0 fully saturated rings. The molecule has 3 heterocycles. The Kier molecular flexibility index (Phi) is 4.17. The van der Waals surface area contributed by atoms with E-state index in [9.17, 15) is 4.39 Å². The van der Waals surface area contributed by atoms with Gasteiger partial charge in [-0.2, -0.15) is 4.39 Å². The molecule has 5 rings (SSSR count).